The lowest BCUT2D eigenvalue weighted by atomic mass is 10.0. The lowest BCUT2D eigenvalue weighted by Crippen LogP contribution is -2.32. The van der Waals surface area contributed by atoms with Crippen LogP contribution in [0, 0.1) is 5.92 Å². The van der Waals surface area contributed by atoms with Gasteiger partial charge in [0.15, 0.2) is 0 Å². The zero-order valence-corrected chi connectivity index (χ0v) is 14.3. The van der Waals surface area contributed by atoms with Gasteiger partial charge in [-0.25, -0.2) is 4.79 Å². The Morgan fingerprint density at radius 1 is 1.43 bits per heavy atom. The molecule has 0 aromatic carbocycles. The summed E-state index contributed by atoms with van der Waals surface area (Å²) < 4.78 is 0. The van der Waals surface area contributed by atoms with Gasteiger partial charge in [-0.1, -0.05) is 30.0 Å². The van der Waals surface area contributed by atoms with Crippen LogP contribution >= 0.6 is 11.8 Å². The highest BCUT2D eigenvalue weighted by Crippen LogP contribution is 2.47. The van der Waals surface area contributed by atoms with E-state index >= 15 is 0 Å². The molecule has 0 amide bonds. The molecule has 2 aliphatic carbocycles. The van der Waals surface area contributed by atoms with Crippen molar-refractivity contribution in [1.82, 2.24) is 9.80 Å². The fourth-order valence-corrected chi connectivity index (χ4v) is 4.93. The maximum absolute atomic E-state index is 12.0. The molecule has 4 nitrogen and oxygen atoms in total. The minimum atomic E-state index is -0.797. The van der Waals surface area contributed by atoms with Gasteiger partial charge >= 0.3 is 5.97 Å². The minimum absolute atomic E-state index is 0.195. The van der Waals surface area contributed by atoms with Gasteiger partial charge in [0, 0.05) is 13.6 Å². The number of thioether (sulfide) groups is 1. The van der Waals surface area contributed by atoms with Crippen LogP contribution < -0.4 is 0 Å². The number of carboxylic acid groups (broad SMARTS) is 1. The molecule has 1 saturated carbocycles. The van der Waals surface area contributed by atoms with Crippen molar-refractivity contribution in [3.8, 4) is 0 Å². The Kier molecular flexibility index (Phi) is 3.56. The van der Waals surface area contributed by atoms with E-state index in [0.29, 0.717) is 17.7 Å². The standard InChI is InChI=1S/C18H22N2O2S/c1-11-20(10-12-7-8-12)16(18(21)22)17(23-11)15-9-13-5-3-4-6-14(13)19(15)2/h3-5,9,11-12,14H,6-8,10H2,1-2H3,(H,21,22). The van der Waals surface area contributed by atoms with Gasteiger partial charge in [-0.3, -0.25) is 0 Å². The van der Waals surface area contributed by atoms with E-state index in [4.69, 9.17) is 0 Å². The summed E-state index contributed by atoms with van der Waals surface area (Å²) in [5.41, 5.74) is 2.85. The third-order valence-electron chi connectivity index (χ3n) is 5.14. The first kappa shape index (κ1) is 14.9. The first-order valence-corrected chi connectivity index (χ1v) is 9.16. The van der Waals surface area contributed by atoms with Gasteiger partial charge in [-0.15, -0.1) is 0 Å². The van der Waals surface area contributed by atoms with Crippen LogP contribution in [0.3, 0.4) is 0 Å². The van der Waals surface area contributed by atoms with Crippen molar-refractivity contribution in [1.29, 1.82) is 0 Å². The van der Waals surface area contributed by atoms with Gasteiger partial charge in [0.25, 0.3) is 0 Å². The summed E-state index contributed by atoms with van der Waals surface area (Å²) in [4.78, 5) is 17.2. The Bertz CT molecular complexity index is 673. The zero-order valence-electron chi connectivity index (χ0n) is 13.5. The second-order valence-electron chi connectivity index (χ2n) is 6.78. The zero-order chi connectivity index (χ0) is 16.1. The molecule has 0 radical (unpaired) electrons. The summed E-state index contributed by atoms with van der Waals surface area (Å²) in [5, 5.41) is 10.0. The van der Waals surface area contributed by atoms with Crippen LogP contribution in [-0.4, -0.2) is 45.9 Å². The molecule has 0 aromatic heterocycles. The molecule has 2 atom stereocenters. The Balaban J connectivity index is 1.72. The molecule has 2 heterocycles. The maximum Gasteiger partial charge on any atom is 0.353 e. The van der Waals surface area contributed by atoms with E-state index in [-0.39, 0.29) is 5.37 Å². The van der Waals surface area contributed by atoms with Crippen LogP contribution in [0.1, 0.15) is 26.2 Å². The van der Waals surface area contributed by atoms with Crippen molar-refractivity contribution in [2.45, 2.75) is 37.6 Å². The molecule has 4 aliphatic rings. The number of allylic oxidation sites excluding steroid dienone is 2. The summed E-state index contributed by atoms with van der Waals surface area (Å²) >= 11 is 1.69. The topological polar surface area (TPSA) is 43.8 Å². The van der Waals surface area contributed by atoms with Crippen molar-refractivity contribution in [2.24, 2.45) is 5.92 Å². The molecule has 0 aromatic rings. The van der Waals surface area contributed by atoms with Crippen LogP contribution in [0.25, 0.3) is 0 Å². The number of carbonyl (C=O) groups is 1. The number of aliphatic carboxylic acids is 1. The molecule has 0 bridgehead atoms. The first-order chi connectivity index (χ1) is 11.1. The molecule has 5 heteroatoms. The molecule has 0 saturated heterocycles. The summed E-state index contributed by atoms with van der Waals surface area (Å²) in [6.07, 6.45) is 12.0. The summed E-state index contributed by atoms with van der Waals surface area (Å²) in [7, 11) is 2.08. The molecule has 23 heavy (non-hydrogen) atoms. The molecule has 4 rings (SSSR count). The Hall–Kier alpha value is -1.62. The fourth-order valence-electron chi connectivity index (χ4n) is 3.64. The monoisotopic (exact) mass is 330 g/mol. The van der Waals surface area contributed by atoms with E-state index in [1.54, 1.807) is 11.8 Å². The average molecular weight is 330 g/mol. The molecule has 122 valence electrons. The number of likely N-dealkylation sites (N-methyl/N-ethyl adjacent to an activating group) is 1. The lowest BCUT2D eigenvalue weighted by molar-refractivity contribution is -0.134. The van der Waals surface area contributed by atoms with Crippen LogP contribution in [0.15, 0.2) is 46.2 Å². The largest absolute Gasteiger partial charge is 0.477 e. The van der Waals surface area contributed by atoms with E-state index in [9.17, 15) is 9.90 Å². The first-order valence-electron chi connectivity index (χ1n) is 8.28. The second-order valence-corrected chi connectivity index (χ2v) is 8.11. The van der Waals surface area contributed by atoms with E-state index in [2.05, 4.69) is 48.1 Å². The van der Waals surface area contributed by atoms with Gasteiger partial charge < -0.3 is 14.9 Å². The number of nitrogens with zero attached hydrogens (tertiary/aromatic N) is 2. The molecule has 2 unspecified atom stereocenters. The van der Waals surface area contributed by atoms with E-state index in [1.807, 2.05) is 0 Å². The van der Waals surface area contributed by atoms with Crippen molar-refractivity contribution < 1.29 is 9.90 Å². The average Bonchev–Trinajstić information content (AvgIpc) is 3.20. The highest BCUT2D eigenvalue weighted by atomic mass is 32.2. The van der Waals surface area contributed by atoms with Crippen molar-refractivity contribution in [3.63, 3.8) is 0 Å². The fraction of sp³-hybridized carbons (Fsp3) is 0.500. The normalized spacial score (nSPS) is 29.8. The maximum atomic E-state index is 12.0. The number of carboxylic acids is 1. The Labute approximate surface area is 141 Å². The Morgan fingerprint density at radius 3 is 2.87 bits per heavy atom. The molecule has 0 spiro atoms. The lowest BCUT2D eigenvalue weighted by Gasteiger charge is -2.27. The predicted molar refractivity (Wildman–Crippen MR) is 92.6 cm³/mol. The SMILES string of the molecule is CC1SC(C2=CC3=CC=CCC3N2C)=C(C(=O)O)N1CC1CC1. The summed E-state index contributed by atoms with van der Waals surface area (Å²) in [5.74, 6) is -0.120. The van der Waals surface area contributed by atoms with E-state index in [1.165, 1.54) is 18.4 Å². The quantitative estimate of drug-likeness (QED) is 0.858. The molecule has 1 fully saturated rings. The molecular formula is C18H22N2O2S. The second kappa shape index (κ2) is 5.48. The van der Waals surface area contributed by atoms with Gasteiger partial charge in [0.05, 0.1) is 22.0 Å². The third kappa shape index (κ3) is 2.51. The summed E-state index contributed by atoms with van der Waals surface area (Å²) in [6.45, 7) is 3.00. The smallest absolute Gasteiger partial charge is 0.353 e. The highest BCUT2D eigenvalue weighted by Gasteiger charge is 2.41. The van der Waals surface area contributed by atoms with Gasteiger partial charge in [-0.2, -0.15) is 0 Å². The molecule has 1 N–H and O–H groups in total. The van der Waals surface area contributed by atoms with E-state index in [0.717, 1.165) is 23.6 Å². The number of fused-ring (bicyclic) bond motifs is 1. The van der Waals surface area contributed by atoms with E-state index < -0.39 is 5.97 Å². The van der Waals surface area contributed by atoms with Crippen molar-refractivity contribution >= 4 is 17.7 Å². The third-order valence-corrected chi connectivity index (χ3v) is 6.37. The summed E-state index contributed by atoms with van der Waals surface area (Å²) in [6, 6.07) is 0.353. The number of rotatable bonds is 4. The van der Waals surface area contributed by atoms with Crippen LogP contribution in [-0.2, 0) is 4.79 Å². The predicted octanol–water partition coefficient (Wildman–Crippen LogP) is 3.17. The van der Waals surface area contributed by atoms with Crippen LogP contribution in [0.4, 0.5) is 0 Å². The van der Waals surface area contributed by atoms with Crippen molar-refractivity contribution in [3.05, 3.63) is 46.2 Å². The highest BCUT2D eigenvalue weighted by molar-refractivity contribution is 8.04. The van der Waals surface area contributed by atoms with Gasteiger partial charge in [-0.05, 0) is 43.8 Å². The molecule has 2 aliphatic heterocycles. The molecular weight excluding hydrogens is 308 g/mol. The minimum Gasteiger partial charge on any atom is -0.477 e. The van der Waals surface area contributed by atoms with Crippen molar-refractivity contribution in [2.75, 3.05) is 13.6 Å². The number of hydrogen-bond acceptors (Lipinski definition) is 4. The van der Waals surface area contributed by atoms with Gasteiger partial charge in [0.2, 0.25) is 0 Å². The van der Waals surface area contributed by atoms with Gasteiger partial charge in [0.1, 0.15) is 5.70 Å². The van der Waals surface area contributed by atoms with Crippen LogP contribution in [0.5, 0.6) is 0 Å². The Morgan fingerprint density at radius 2 is 2.22 bits per heavy atom. The van der Waals surface area contributed by atoms with Crippen LogP contribution in [0.2, 0.25) is 0 Å². The number of hydrogen-bond donors (Lipinski definition) is 1.